The van der Waals surface area contributed by atoms with Crippen LogP contribution in [0.25, 0.3) is 16.8 Å². The molecule has 6 heteroatoms. The molecule has 146 valence electrons. The van der Waals surface area contributed by atoms with Gasteiger partial charge in [-0.15, -0.1) is 0 Å². The number of rotatable bonds is 7. The number of nitrogens with zero attached hydrogens (tertiary/aromatic N) is 1. The van der Waals surface area contributed by atoms with Crippen molar-refractivity contribution in [1.82, 2.24) is 5.32 Å². The number of carbonyl (C=O) groups is 2. The Kier molecular flexibility index (Phi) is 6.78. The Hall–Kier alpha value is -3.33. The van der Waals surface area contributed by atoms with Crippen LogP contribution >= 0.6 is 0 Å². The molecule has 1 unspecified atom stereocenters. The van der Waals surface area contributed by atoms with E-state index in [1.807, 2.05) is 50.2 Å². The summed E-state index contributed by atoms with van der Waals surface area (Å²) < 4.78 is 10.2. The summed E-state index contributed by atoms with van der Waals surface area (Å²) in [5.41, 5.74) is -0.177. The molecular weight excluding hydrogens is 356 g/mol. The molecule has 2 aromatic carbocycles. The van der Waals surface area contributed by atoms with Gasteiger partial charge in [0.2, 0.25) is 0 Å². The van der Waals surface area contributed by atoms with Gasteiger partial charge in [0.1, 0.15) is 11.3 Å². The van der Waals surface area contributed by atoms with Crippen molar-refractivity contribution in [2.45, 2.75) is 26.3 Å². The van der Waals surface area contributed by atoms with Gasteiger partial charge in [-0.2, -0.15) is 5.26 Å². The first-order valence-electron chi connectivity index (χ1n) is 8.92. The molecule has 0 fully saturated rings. The molecule has 1 amide bonds. The molecule has 0 aromatic heterocycles. The predicted molar refractivity (Wildman–Crippen MR) is 107 cm³/mol. The molecule has 6 nitrogen and oxygen atoms in total. The number of fused-ring (bicyclic) bond motifs is 1. The fourth-order valence-corrected chi connectivity index (χ4v) is 2.45. The molecule has 0 heterocycles. The van der Waals surface area contributed by atoms with Crippen molar-refractivity contribution in [2.24, 2.45) is 5.92 Å². The van der Waals surface area contributed by atoms with Crippen LogP contribution in [0, 0.1) is 17.2 Å². The van der Waals surface area contributed by atoms with Crippen LogP contribution < -0.4 is 10.1 Å². The number of nitrogens with one attached hydrogen (secondary N) is 1. The zero-order chi connectivity index (χ0) is 20.7. The SMILES string of the molecule is COc1ccc2cc(/C=C/C(=O)OCC(=O)NC(C)(C#N)C(C)C)ccc2c1. The molecule has 0 aliphatic heterocycles. The standard InChI is InChI=1S/C22H24N2O4/c1-15(2)22(3,14-23)24-20(25)13-28-21(26)10-6-16-5-7-18-12-19(27-4)9-8-17(18)11-16/h5-12,15H,13H2,1-4H3,(H,24,25)/b10-6+. The Bertz CT molecular complexity index is 943. The van der Waals surface area contributed by atoms with Gasteiger partial charge in [-0.25, -0.2) is 4.79 Å². The van der Waals surface area contributed by atoms with Gasteiger partial charge in [0.25, 0.3) is 5.91 Å². The minimum Gasteiger partial charge on any atom is -0.497 e. The lowest BCUT2D eigenvalue weighted by Crippen LogP contribution is -2.50. The molecule has 0 saturated carbocycles. The Morgan fingerprint density at radius 2 is 1.89 bits per heavy atom. The van der Waals surface area contributed by atoms with Gasteiger partial charge in [-0.05, 0) is 53.5 Å². The molecule has 2 aromatic rings. The fraction of sp³-hybridized carbons (Fsp3) is 0.318. The third kappa shape index (κ3) is 5.34. The predicted octanol–water partition coefficient (Wildman–Crippen LogP) is 3.46. The van der Waals surface area contributed by atoms with E-state index < -0.39 is 24.0 Å². The number of benzene rings is 2. The number of carbonyl (C=O) groups excluding carboxylic acids is 2. The van der Waals surface area contributed by atoms with Crippen molar-refractivity contribution in [3.05, 3.63) is 48.0 Å². The van der Waals surface area contributed by atoms with E-state index in [0.717, 1.165) is 22.1 Å². The van der Waals surface area contributed by atoms with Gasteiger partial charge < -0.3 is 14.8 Å². The summed E-state index contributed by atoms with van der Waals surface area (Å²) in [7, 11) is 1.62. The fourth-order valence-electron chi connectivity index (χ4n) is 2.45. The summed E-state index contributed by atoms with van der Waals surface area (Å²) in [4.78, 5) is 23.8. The second-order valence-corrected chi connectivity index (χ2v) is 6.93. The van der Waals surface area contributed by atoms with Crippen LogP contribution in [0.4, 0.5) is 0 Å². The lowest BCUT2D eigenvalue weighted by atomic mass is 9.90. The van der Waals surface area contributed by atoms with Crippen LogP contribution in [0.3, 0.4) is 0 Å². The average Bonchev–Trinajstić information content (AvgIpc) is 2.69. The zero-order valence-corrected chi connectivity index (χ0v) is 16.5. The van der Waals surface area contributed by atoms with Crippen molar-refractivity contribution in [2.75, 3.05) is 13.7 Å². The second kappa shape index (κ2) is 9.05. The first-order valence-corrected chi connectivity index (χ1v) is 8.92. The maximum absolute atomic E-state index is 11.9. The normalized spacial score (nSPS) is 13.1. The number of ether oxygens (including phenoxy) is 2. The van der Waals surface area contributed by atoms with Crippen molar-refractivity contribution in [3.8, 4) is 11.8 Å². The van der Waals surface area contributed by atoms with Gasteiger partial charge in [-0.3, -0.25) is 4.79 Å². The number of nitriles is 1. The van der Waals surface area contributed by atoms with Crippen molar-refractivity contribution >= 4 is 28.7 Å². The van der Waals surface area contributed by atoms with E-state index in [4.69, 9.17) is 9.47 Å². The van der Waals surface area contributed by atoms with Gasteiger partial charge in [0, 0.05) is 6.08 Å². The van der Waals surface area contributed by atoms with E-state index in [1.165, 1.54) is 6.08 Å². The molecule has 0 saturated heterocycles. The van der Waals surface area contributed by atoms with E-state index in [1.54, 1.807) is 20.1 Å². The Labute approximate surface area is 164 Å². The first kappa shape index (κ1) is 21.0. The molecule has 0 spiro atoms. The van der Waals surface area contributed by atoms with E-state index in [-0.39, 0.29) is 5.92 Å². The Morgan fingerprint density at radius 1 is 1.21 bits per heavy atom. The number of hydrogen-bond donors (Lipinski definition) is 1. The third-order valence-corrected chi connectivity index (χ3v) is 4.61. The number of hydrogen-bond acceptors (Lipinski definition) is 5. The monoisotopic (exact) mass is 380 g/mol. The van der Waals surface area contributed by atoms with Crippen LogP contribution in [-0.4, -0.2) is 31.1 Å². The lowest BCUT2D eigenvalue weighted by molar-refractivity contribution is -0.144. The summed E-state index contributed by atoms with van der Waals surface area (Å²) in [6.07, 6.45) is 2.89. The molecule has 0 radical (unpaired) electrons. The van der Waals surface area contributed by atoms with Crippen LogP contribution in [-0.2, 0) is 14.3 Å². The number of esters is 1. The van der Waals surface area contributed by atoms with Crippen LogP contribution in [0.2, 0.25) is 0 Å². The molecule has 0 aliphatic rings. The summed E-state index contributed by atoms with van der Waals surface area (Å²) in [6, 6.07) is 13.6. The third-order valence-electron chi connectivity index (χ3n) is 4.61. The van der Waals surface area contributed by atoms with Crippen molar-refractivity contribution < 1.29 is 19.1 Å². The van der Waals surface area contributed by atoms with E-state index in [9.17, 15) is 14.9 Å². The second-order valence-electron chi connectivity index (χ2n) is 6.93. The summed E-state index contributed by atoms with van der Waals surface area (Å²) in [5.74, 6) is -0.445. The van der Waals surface area contributed by atoms with E-state index in [2.05, 4.69) is 11.4 Å². The summed E-state index contributed by atoms with van der Waals surface area (Å²) in [5, 5.41) is 13.8. The van der Waals surface area contributed by atoms with Gasteiger partial charge in [0.15, 0.2) is 6.61 Å². The quantitative estimate of drug-likeness (QED) is 0.587. The molecule has 0 aliphatic carbocycles. The maximum Gasteiger partial charge on any atom is 0.331 e. The largest absolute Gasteiger partial charge is 0.497 e. The molecule has 0 bridgehead atoms. The van der Waals surface area contributed by atoms with Gasteiger partial charge in [0.05, 0.1) is 13.2 Å². The minimum absolute atomic E-state index is 0.0788. The molecular formula is C22H24N2O4. The highest BCUT2D eigenvalue weighted by Gasteiger charge is 2.30. The maximum atomic E-state index is 11.9. The summed E-state index contributed by atoms with van der Waals surface area (Å²) in [6.45, 7) is 4.85. The van der Waals surface area contributed by atoms with Crippen molar-refractivity contribution in [1.29, 1.82) is 5.26 Å². The highest BCUT2D eigenvalue weighted by Crippen LogP contribution is 2.22. The van der Waals surface area contributed by atoms with E-state index >= 15 is 0 Å². The number of amides is 1. The van der Waals surface area contributed by atoms with Crippen LogP contribution in [0.15, 0.2) is 42.5 Å². The van der Waals surface area contributed by atoms with Crippen LogP contribution in [0.5, 0.6) is 5.75 Å². The van der Waals surface area contributed by atoms with Gasteiger partial charge >= 0.3 is 5.97 Å². The minimum atomic E-state index is -1.01. The Morgan fingerprint density at radius 3 is 2.54 bits per heavy atom. The Balaban J connectivity index is 1.94. The lowest BCUT2D eigenvalue weighted by Gasteiger charge is -2.27. The molecule has 28 heavy (non-hydrogen) atoms. The van der Waals surface area contributed by atoms with Crippen molar-refractivity contribution in [3.63, 3.8) is 0 Å². The highest BCUT2D eigenvalue weighted by molar-refractivity contribution is 5.91. The summed E-state index contributed by atoms with van der Waals surface area (Å²) >= 11 is 0. The molecule has 1 N–H and O–H groups in total. The average molecular weight is 380 g/mol. The molecule has 2 rings (SSSR count). The smallest absolute Gasteiger partial charge is 0.331 e. The highest BCUT2D eigenvalue weighted by atomic mass is 16.5. The van der Waals surface area contributed by atoms with Gasteiger partial charge in [-0.1, -0.05) is 32.0 Å². The van der Waals surface area contributed by atoms with E-state index in [0.29, 0.717) is 0 Å². The number of methoxy groups -OCH3 is 1. The zero-order valence-electron chi connectivity index (χ0n) is 16.5. The van der Waals surface area contributed by atoms with Crippen LogP contribution in [0.1, 0.15) is 26.3 Å². The first-order chi connectivity index (χ1) is 13.3. The molecule has 1 atom stereocenters. The topological polar surface area (TPSA) is 88.4 Å².